The van der Waals surface area contributed by atoms with E-state index in [1.165, 1.54) is 17.3 Å². The van der Waals surface area contributed by atoms with E-state index in [9.17, 15) is 8.42 Å². The van der Waals surface area contributed by atoms with Gasteiger partial charge < -0.3 is 11.1 Å². The number of hydrogen-bond donors (Lipinski definition) is 3. The van der Waals surface area contributed by atoms with Crippen molar-refractivity contribution < 1.29 is 8.42 Å². The van der Waals surface area contributed by atoms with E-state index in [4.69, 9.17) is 10.9 Å². The van der Waals surface area contributed by atoms with Gasteiger partial charge in [-0.15, -0.1) is 0 Å². The minimum Gasteiger partial charge on any atom is -0.368 e. The van der Waals surface area contributed by atoms with Crippen molar-refractivity contribution in [2.75, 3.05) is 23.3 Å². The molecular formula is C8H13N9O2S. The average Bonchev–Trinajstić information content (AvgIpc) is 2.86. The number of nitrogens with one attached hydrogen (secondary N) is 1. The first-order valence-electron chi connectivity index (χ1n) is 5.55. The Hall–Kier alpha value is -2.34. The van der Waals surface area contributed by atoms with Crippen LogP contribution < -0.4 is 16.2 Å². The summed E-state index contributed by atoms with van der Waals surface area (Å²) in [4.78, 5) is 15.6. The van der Waals surface area contributed by atoms with Crippen LogP contribution in [-0.2, 0) is 10.0 Å². The molecule has 0 unspecified atom stereocenters. The van der Waals surface area contributed by atoms with Crippen LogP contribution in [0.4, 0.5) is 11.9 Å². The molecule has 0 aliphatic heterocycles. The fourth-order valence-electron chi connectivity index (χ4n) is 1.35. The minimum absolute atomic E-state index is 0.0134. The molecule has 0 aliphatic carbocycles. The molecule has 5 N–H and O–H groups in total. The Balaban J connectivity index is 2.02. The van der Waals surface area contributed by atoms with E-state index in [0.717, 1.165) is 0 Å². The molecule has 0 radical (unpaired) electrons. The van der Waals surface area contributed by atoms with Crippen LogP contribution in [0.5, 0.6) is 0 Å². The van der Waals surface area contributed by atoms with Crippen molar-refractivity contribution in [1.82, 2.24) is 29.7 Å². The van der Waals surface area contributed by atoms with Crippen LogP contribution in [0.25, 0.3) is 5.95 Å². The highest BCUT2D eigenvalue weighted by atomic mass is 32.2. The highest BCUT2D eigenvalue weighted by molar-refractivity contribution is 7.89. The summed E-state index contributed by atoms with van der Waals surface area (Å²) in [6.07, 6.45) is 3.07. The molecule has 20 heavy (non-hydrogen) atoms. The Morgan fingerprint density at radius 1 is 1.30 bits per heavy atom. The van der Waals surface area contributed by atoms with Crippen LogP contribution in [0.1, 0.15) is 6.42 Å². The number of anilines is 2. The third kappa shape index (κ3) is 4.10. The van der Waals surface area contributed by atoms with Gasteiger partial charge in [-0.05, 0) is 6.42 Å². The quantitative estimate of drug-likeness (QED) is 0.517. The van der Waals surface area contributed by atoms with E-state index >= 15 is 0 Å². The monoisotopic (exact) mass is 299 g/mol. The molecule has 0 saturated heterocycles. The van der Waals surface area contributed by atoms with Gasteiger partial charge in [-0.2, -0.15) is 24.7 Å². The van der Waals surface area contributed by atoms with Crippen LogP contribution >= 0.6 is 0 Å². The van der Waals surface area contributed by atoms with Gasteiger partial charge in [0.2, 0.25) is 21.9 Å². The molecule has 11 nitrogen and oxygen atoms in total. The standard InChI is InChI=1S/C8H13N9O2S/c9-6-14-7(12-2-1-3-20(10,18)19)16-8(15-6)17-5-11-4-13-17/h4-5H,1-3H2,(H2,10,18,19)(H3,9,12,14,15,16). The second-order valence-corrected chi connectivity index (χ2v) is 5.54. The molecule has 0 bridgehead atoms. The van der Waals surface area contributed by atoms with Crippen molar-refractivity contribution in [2.45, 2.75) is 6.42 Å². The lowest BCUT2D eigenvalue weighted by Gasteiger charge is -2.06. The predicted molar refractivity (Wildman–Crippen MR) is 70.2 cm³/mol. The number of sulfonamides is 1. The van der Waals surface area contributed by atoms with Crippen LogP contribution in [0, 0.1) is 0 Å². The van der Waals surface area contributed by atoms with Gasteiger partial charge in [0, 0.05) is 6.54 Å². The summed E-state index contributed by atoms with van der Waals surface area (Å²) in [5.74, 6) is 0.317. The van der Waals surface area contributed by atoms with Gasteiger partial charge in [0.15, 0.2) is 0 Å². The van der Waals surface area contributed by atoms with E-state index in [-0.39, 0.29) is 23.6 Å². The summed E-state index contributed by atoms with van der Waals surface area (Å²) in [6, 6.07) is 0. The van der Waals surface area contributed by atoms with Gasteiger partial charge in [0.1, 0.15) is 12.7 Å². The Kier molecular flexibility index (Phi) is 4.05. The number of primary sulfonamides is 1. The maximum atomic E-state index is 10.8. The Labute approximate surface area is 114 Å². The first-order valence-corrected chi connectivity index (χ1v) is 7.26. The smallest absolute Gasteiger partial charge is 0.258 e. The number of nitrogens with zero attached hydrogens (tertiary/aromatic N) is 6. The molecule has 2 aromatic heterocycles. The molecule has 2 aromatic rings. The van der Waals surface area contributed by atoms with Gasteiger partial charge in [-0.1, -0.05) is 0 Å². The molecular weight excluding hydrogens is 286 g/mol. The van der Waals surface area contributed by atoms with Crippen LogP contribution in [0.15, 0.2) is 12.7 Å². The largest absolute Gasteiger partial charge is 0.368 e. The molecule has 0 spiro atoms. The van der Waals surface area contributed by atoms with Crippen molar-refractivity contribution >= 4 is 21.9 Å². The van der Waals surface area contributed by atoms with Crippen LogP contribution in [0.3, 0.4) is 0 Å². The molecule has 0 atom stereocenters. The van der Waals surface area contributed by atoms with Crippen molar-refractivity contribution in [3.8, 4) is 5.95 Å². The predicted octanol–water partition coefficient (Wildman–Crippen LogP) is -1.87. The molecule has 0 aromatic carbocycles. The van der Waals surface area contributed by atoms with Gasteiger partial charge >= 0.3 is 0 Å². The van der Waals surface area contributed by atoms with Crippen LogP contribution in [-0.4, -0.2) is 50.4 Å². The summed E-state index contributed by atoms with van der Waals surface area (Å²) in [5.41, 5.74) is 5.56. The van der Waals surface area contributed by atoms with Gasteiger partial charge in [0.25, 0.3) is 5.95 Å². The van der Waals surface area contributed by atoms with E-state index in [1.54, 1.807) is 0 Å². The summed E-state index contributed by atoms with van der Waals surface area (Å²) < 4.78 is 22.9. The third-order valence-electron chi connectivity index (χ3n) is 2.15. The zero-order chi connectivity index (χ0) is 14.6. The number of hydrogen-bond acceptors (Lipinski definition) is 9. The number of nitrogens with two attached hydrogens (primary N) is 2. The van der Waals surface area contributed by atoms with E-state index in [0.29, 0.717) is 13.0 Å². The minimum atomic E-state index is -3.47. The fraction of sp³-hybridized carbons (Fsp3) is 0.375. The summed E-state index contributed by atoms with van der Waals surface area (Å²) >= 11 is 0. The first-order chi connectivity index (χ1) is 9.44. The second-order valence-electron chi connectivity index (χ2n) is 3.80. The lowest BCUT2D eigenvalue weighted by Crippen LogP contribution is -2.19. The molecule has 2 heterocycles. The number of nitrogen functional groups attached to an aromatic ring is 1. The molecule has 0 amide bonds. The second kappa shape index (κ2) is 5.75. The topological polar surface area (TPSA) is 168 Å². The van der Waals surface area contributed by atoms with Crippen molar-refractivity contribution in [3.63, 3.8) is 0 Å². The first kappa shape index (κ1) is 14.1. The highest BCUT2D eigenvalue weighted by Gasteiger charge is 2.07. The summed E-state index contributed by atoms with van der Waals surface area (Å²) in [7, 11) is -3.47. The highest BCUT2D eigenvalue weighted by Crippen LogP contribution is 2.05. The van der Waals surface area contributed by atoms with E-state index in [1.807, 2.05) is 0 Å². The summed E-state index contributed by atoms with van der Waals surface area (Å²) in [6.45, 7) is 0.330. The number of rotatable bonds is 6. The molecule has 2 rings (SSSR count). The molecule has 0 fully saturated rings. The Bertz CT molecular complexity index is 669. The van der Waals surface area contributed by atoms with Gasteiger partial charge in [-0.25, -0.2) is 18.5 Å². The van der Waals surface area contributed by atoms with Gasteiger partial charge in [-0.3, -0.25) is 0 Å². The molecule has 12 heteroatoms. The lowest BCUT2D eigenvalue weighted by atomic mass is 10.5. The maximum Gasteiger partial charge on any atom is 0.258 e. The van der Waals surface area contributed by atoms with Crippen molar-refractivity contribution in [1.29, 1.82) is 0 Å². The van der Waals surface area contributed by atoms with Gasteiger partial charge in [0.05, 0.1) is 5.75 Å². The normalized spacial score (nSPS) is 11.4. The number of aromatic nitrogens is 6. The molecule has 0 saturated carbocycles. The summed E-state index contributed by atoms with van der Waals surface area (Å²) in [5, 5.41) is 11.6. The Morgan fingerprint density at radius 3 is 2.75 bits per heavy atom. The molecule has 108 valence electrons. The van der Waals surface area contributed by atoms with E-state index < -0.39 is 10.0 Å². The fourth-order valence-corrected chi connectivity index (χ4v) is 1.89. The van der Waals surface area contributed by atoms with Crippen molar-refractivity contribution in [2.24, 2.45) is 5.14 Å². The zero-order valence-corrected chi connectivity index (χ0v) is 11.2. The third-order valence-corrected chi connectivity index (χ3v) is 3.01. The van der Waals surface area contributed by atoms with Crippen LogP contribution in [0.2, 0.25) is 0 Å². The SMILES string of the molecule is Nc1nc(NCCCS(N)(=O)=O)nc(-n2cncn2)n1. The lowest BCUT2D eigenvalue weighted by molar-refractivity contribution is 0.595. The molecule has 0 aliphatic rings. The zero-order valence-electron chi connectivity index (χ0n) is 10.3. The van der Waals surface area contributed by atoms with E-state index in [2.05, 4.69) is 30.4 Å². The van der Waals surface area contributed by atoms with Crippen molar-refractivity contribution in [3.05, 3.63) is 12.7 Å². The Morgan fingerprint density at radius 2 is 2.10 bits per heavy atom. The average molecular weight is 299 g/mol. The maximum absolute atomic E-state index is 10.8.